The van der Waals surface area contributed by atoms with Crippen LogP contribution in [0, 0.1) is 10.6 Å². The van der Waals surface area contributed by atoms with Crippen LogP contribution in [0.3, 0.4) is 0 Å². The quantitative estimate of drug-likeness (QED) is 0.418. The number of nitrogens with zero attached hydrogens (tertiary/aromatic N) is 3. The summed E-state index contributed by atoms with van der Waals surface area (Å²) >= 11 is 6.94. The van der Waals surface area contributed by atoms with Crippen LogP contribution in [0.4, 0.5) is 4.39 Å². The third-order valence-corrected chi connectivity index (χ3v) is 6.78. The van der Waals surface area contributed by atoms with Crippen molar-refractivity contribution < 1.29 is 9.18 Å². The van der Waals surface area contributed by atoms with E-state index in [1.807, 2.05) is 33.2 Å². The standard InChI is InChI=1S/C22H20FN5OS2/c23-15-3-4-16-17(13-24-18(16)12-15)14-5-8-27(9-6-14)20(29)7-10-28-21(25-26-22(28)30)19-2-1-11-31-19/h1-5,11-13,24H,6-10H2,(H,26,30). The molecule has 1 aliphatic rings. The summed E-state index contributed by atoms with van der Waals surface area (Å²) in [5.74, 6) is 0.608. The molecule has 2 N–H and O–H groups in total. The van der Waals surface area contributed by atoms with Gasteiger partial charge in [0.15, 0.2) is 10.6 Å². The SMILES string of the molecule is O=C(CCn1c(-c2cccs2)n[nH]c1=S)N1CC=C(c2c[nH]c3cc(F)ccc23)CC1. The number of rotatable bonds is 5. The maximum Gasteiger partial charge on any atom is 0.224 e. The first kappa shape index (κ1) is 19.9. The smallest absolute Gasteiger partial charge is 0.224 e. The molecule has 4 heterocycles. The van der Waals surface area contributed by atoms with Gasteiger partial charge in [-0.05, 0) is 53.9 Å². The van der Waals surface area contributed by atoms with Gasteiger partial charge in [0.05, 0.1) is 4.88 Å². The fourth-order valence-corrected chi connectivity index (χ4v) is 4.93. The van der Waals surface area contributed by atoms with Gasteiger partial charge in [0.25, 0.3) is 0 Å². The fourth-order valence-electron chi connectivity index (χ4n) is 3.99. The van der Waals surface area contributed by atoms with E-state index >= 15 is 0 Å². The number of thiophene rings is 1. The van der Waals surface area contributed by atoms with Gasteiger partial charge in [-0.2, -0.15) is 5.10 Å². The Morgan fingerprint density at radius 3 is 3.00 bits per heavy atom. The van der Waals surface area contributed by atoms with Crippen LogP contribution in [0.5, 0.6) is 0 Å². The number of amides is 1. The van der Waals surface area contributed by atoms with Gasteiger partial charge in [-0.25, -0.2) is 4.39 Å². The second kappa shape index (κ2) is 8.24. The van der Waals surface area contributed by atoms with Gasteiger partial charge in [0, 0.05) is 48.7 Å². The molecule has 0 radical (unpaired) electrons. The summed E-state index contributed by atoms with van der Waals surface area (Å²) in [4.78, 5) is 18.8. The lowest BCUT2D eigenvalue weighted by molar-refractivity contribution is -0.131. The summed E-state index contributed by atoms with van der Waals surface area (Å²) in [7, 11) is 0. The highest BCUT2D eigenvalue weighted by Gasteiger charge is 2.20. The van der Waals surface area contributed by atoms with Gasteiger partial charge >= 0.3 is 0 Å². The van der Waals surface area contributed by atoms with Crippen molar-refractivity contribution >= 4 is 45.9 Å². The molecule has 0 aliphatic carbocycles. The van der Waals surface area contributed by atoms with Crippen LogP contribution in [0.15, 0.2) is 48.0 Å². The van der Waals surface area contributed by atoms with E-state index < -0.39 is 0 Å². The van der Waals surface area contributed by atoms with Crippen LogP contribution in [0.2, 0.25) is 0 Å². The van der Waals surface area contributed by atoms with E-state index in [2.05, 4.69) is 21.3 Å². The van der Waals surface area contributed by atoms with E-state index in [0.717, 1.165) is 33.6 Å². The summed E-state index contributed by atoms with van der Waals surface area (Å²) in [6.45, 7) is 1.71. The van der Waals surface area contributed by atoms with Crippen LogP contribution in [-0.2, 0) is 11.3 Å². The molecule has 0 saturated carbocycles. The maximum atomic E-state index is 13.4. The lowest BCUT2D eigenvalue weighted by atomic mass is 9.99. The average molecular weight is 454 g/mol. The Balaban J connectivity index is 1.26. The van der Waals surface area contributed by atoms with Gasteiger partial charge in [-0.15, -0.1) is 11.3 Å². The number of fused-ring (bicyclic) bond motifs is 1. The summed E-state index contributed by atoms with van der Waals surface area (Å²) < 4.78 is 15.8. The zero-order valence-electron chi connectivity index (χ0n) is 16.6. The first-order chi connectivity index (χ1) is 15.1. The van der Waals surface area contributed by atoms with Crippen molar-refractivity contribution in [2.45, 2.75) is 19.4 Å². The molecule has 0 fully saturated rings. The predicted octanol–water partition coefficient (Wildman–Crippen LogP) is 5.00. The molecular formula is C22H20FN5OS2. The van der Waals surface area contributed by atoms with E-state index in [0.29, 0.717) is 30.8 Å². The Kier molecular flexibility index (Phi) is 5.29. The normalized spacial score (nSPS) is 14.2. The number of hydrogen-bond donors (Lipinski definition) is 2. The molecular weight excluding hydrogens is 433 g/mol. The number of aromatic nitrogens is 4. The topological polar surface area (TPSA) is 69.7 Å². The van der Waals surface area contributed by atoms with Crippen molar-refractivity contribution in [3.8, 4) is 10.7 Å². The second-order valence-electron chi connectivity index (χ2n) is 7.44. The number of nitrogens with one attached hydrogen (secondary N) is 2. The minimum Gasteiger partial charge on any atom is -0.360 e. The molecule has 0 bridgehead atoms. The predicted molar refractivity (Wildman–Crippen MR) is 123 cm³/mol. The first-order valence-corrected chi connectivity index (χ1v) is 11.3. The minimum absolute atomic E-state index is 0.0940. The number of halogens is 1. The highest BCUT2D eigenvalue weighted by Crippen LogP contribution is 2.30. The van der Waals surface area contributed by atoms with E-state index in [-0.39, 0.29) is 11.7 Å². The van der Waals surface area contributed by atoms with Gasteiger partial charge in [-0.3, -0.25) is 14.5 Å². The van der Waals surface area contributed by atoms with Crippen LogP contribution in [0.1, 0.15) is 18.4 Å². The van der Waals surface area contributed by atoms with E-state index in [4.69, 9.17) is 12.2 Å². The second-order valence-corrected chi connectivity index (χ2v) is 8.78. The lowest BCUT2D eigenvalue weighted by Crippen LogP contribution is -2.35. The minimum atomic E-state index is -0.254. The maximum absolute atomic E-state index is 13.4. The zero-order valence-corrected chi connectivity index (χ0v) is 18.2. The van der Waals surface area contributed by atoms with E-state index in [1.54, 1.807) is 17.4 Å². The molecule has 9 heteroatoms. The molecule has 1 aromatic carbocycles. The highest BCUT2D eigenvalue weighted by atomic mass is 32.1. The van der Waals surface area contributed by atoms with E-state index in [9.17, 15) is 9.18 Å². The number of H-pyrrole nitrogens is 2. The third kappa shape index (κ3) is 3.86. The Bertz CT molecular complexity index is 1330. The number of carbonyl (C=O) groups excluding carboxylic acids is 1. The molecule has 0 saturated heterocycles. The van der Waals surface area contributed by atoms with Crippen LogP contribution in [0.25, 0.3) is 27.2 Å². The molecule has 5 rings (SSSR count). The lowest BCUT2D eigenvalue weighted by Gasteiger charge is -2.26. The van der Waals surface area contributed by atoms with Crippen molar-refractivity contribution in [3.05, 3.63) is 64.1 Å². The Morgan fingerprint density at radius 2 is 2.23 bits per heavy atom. The van der Waals surface area contributed by atoms with Crippen molar-refractivity contribution in [3.63, 3.8) is 0 Å². The number of carbonyl (C=O) groups is 1. The molecule has 6 nitrogen and oxygen atoms in total. The zero-order chi connectivity index (χ0) is 21.4. The van der Waals surface area contributed by atoms with Crippen molar-refractivity contribution in [2.75, 3.05) is 13.1 Å². The van der Waals surface area contributed by atoms with Gasteiger partial charge < -0.3 is 9.88 Å². The first-order valence-electron chi connectivity index (χ1n) is 10.0. The molecule has 31 heavy (non-hydrogen) atoms. The van der Waals surface area contributed by atoms with Gasteiger partial charge in [0.1, 0.15) is 5.82 Å². The van der Waals surface area contributed by atoms with Crippen LogP contribution in [-0.4, -0.2) is 43.6 Å². The van der Waals surface area contributed by atoms with Crippen molar-refractivity contribution in [1.29, 1.82) is 0 Å². The summed E-state index contributed by atoms with van der Waals surface area (Å²) in [5, 5.41) is 10.1. The number of aromatic amines is 2. The highest BCUT2D eigenvalue weighted by molar-refractivity contribution is 7.71. The Labute approximate surface area is 187 Å². The van der Waals surface area contributed by atoms with Crippen molar-refractivity contribution in [1.82, 2.24) is 24.6 Å². The van der Waals surface area contributed by atoms with Gasteiger partial charge in [0.2, 0.25) is 5.91 Å². The summed E-state index contributed by atoms with van der Waals surface area (Å²) in [6, 6.07) is 8.74. The Hall–Kier alpha value is -3.04. The fraction of sp³-hybridized carbons (Fsp3) is 0.227. The Morgan fingerprint density at radius 1 is 1.32 bits per heavy atom. The molecule has 4 aromatic rings. The molecule has 0 spiro atoms. The molecule has 0 atom stereocenters. The van der Waals surface area contributed by atoms with Crippen molar-refractivity contribution in [2.24, 2.45) is 0 Å². The molecule has 158 valence electrons. The molecule has 1 amide bonds. The van der Waals surface area contributed by atoms with Crippen LogP contribution >= 0.6 is 23.6 Å². The monoisotopic (exact) mass is 453 g/mol. The number of benzene rings is 1. The largest absolute Gasteiger partial charge is 0.360 e. The van der Waals surface area contributed by atoms with Crippen LogP contribution < -0.4 is 0 Å². The summed E-state index contributed by atoms with van der Waals surface area (Å²) in [6.07, 6.45) is 5.14. The molecule has 0 unspecified atom stereocenters. The third-order valence-electron chi connectivity index (χ3n) is 5.60. The summed E-state index contributed by atoms with van der Waals surface area (Å²) in [5.41, 5.74) is 3.04. The molecule has 3 aromatic heterocycles. The average Bonchev–Trinajstić information content (AvgIpc) is 3.52. The van der Waals surface area contributed by atoms with E-state index in [1.165, 1.54) is 17.7 Å². The molecule has 1 aliphatic heterocycles. The van der Waals surface area contributed by atoms with Gasteiger partial charge in [-0.1, -0.05) is 12.1 Å². The number of hydrogen-bond acceptors (Lipinski definition) is 4.